The Kier molecular flexibility index (Phi) is 17.9. The Morgan fingerprint density at radius 1 is 0.429 bits per heavy atom. The maximum atomic E-state index is 14.4. The monoisotopic (exact) mass is 873 g/mol. The van der Waals surface area contributed by atoms with Crippen LogP contribution >= 0.6 is 0 Å². The zero-order chi connectivity index (χ0) is 43.1. The molecule has 0 bridgehead atoms. The van der Waals surface area contributed by atoms with Gasteiger partial charge in [0.25, 0.3) is 0 Å². The van der Waals surface area contributed by atoms with E-state index >= 15 is 0 Å². The van der Waals surface area contributed by atoms with Gasteiger partial charge in [-0.3, -0.25) is 0 Å². The number of urea groups is 2. The summed E-state index contributed by atoms with van der Waals surface area (Å²) in [6.07, 6.45) is 41.1. The molecule has 0 aromatic rings. The average Bonchev–Trinajstić information content (AvgIpc) is 4.06. The van der Waals surface area contributed by atoms with Gasteiger partial charge in [0.1, 0.15) is 0 Å². The van der Waals surface area contributed by atoms with E-state index in [0.717, 1.165) is 191 Å². The molecule has 0 radical (unpaired) electrons. The average molecular weight is 873 g/mol. The van der Waals surface area contributed by atoms with E-state index < -0.39 is 0 Å². The van der Waals surface area contributed by atoms with Crippen LogP contribution in [-0.2, 0) is 9.68 Å². The molecule has 8 aliphatic carbocycles. The molecule has 4 amide bonds. The lowest BCUT2D eigenvalue weighted by molar-refractivity contribution is 0.154. The fraction of sp³-hybridized carbons (Fsp3) is 0.882. The second kappa shape index (κ2) is 24.4. The van der Waals surface area contributed by atoms with Gasteiger partial charge in [0, 0.05) is 24.2 Å². The van der Waals surface area contributed by atoms with Crippen molar-refractivity contribution in [2.45, 2.75) is 274 Å². The lowest BCUT2D eigenvalue weighted by Gasteiger charge is -2.38. The Hall–Kier alpha value is -3.18. The number of rotatable bonds is 10. The number of carbonyl (C=O) groups excluding carboxylic acids is 2. The van der Waals surface area contributed by atoms with E-state index in [0.29, 0.717) is 23.9 Å². The van der Waals surface area contributed by atoms with Gasteiger partial charge in [-0.1, -0.05) is 87.4 Å². The van der Waals surface area contributed by atoms with E-state index in [1.807, 2.05) is 9.80 Å². The van der Waals surface area contributed by atoms with E-state index in [1.165, 1.54) is 57.8 Å². The van der Waals surface area contributed by atoms with E-state index in [1.54, 1.807) is 0 Å². The van der Waals surface area contributed by atoms with Gasteiger partial charge < -0.3 is 20.3 Å². The fourth-order valence-electron chi connectivity index (χ4n) is 12.5. The van der Waals surface area contributed by atoms with Crippen LogP contribution in [0.3, 0.4) is 0 Å². The number of hydrogen-bond acceptors (Lipinski definition) is 8. The highest BCUT2D eigenvalue weighted by molar-refractivity contribution is 5.95. The molecule has 352 valence electrons. The summed E-state index contributed by atoms with van der Waals surface area (Å²) in [5, 5.41) is 16.2. The number of carbonyl (C=O) groups is 2. The fourth-order valence-corrected chi connectivity index (χ4v) is 12.5. The van der Waals surface area contributed by atoms with Gasteiger partial charge in [-0.05, 0) is 172 Å². The zero-order valence-electron chi connectivity index (χ0n) is 39.1. The first-order chi connectivity index (χ1) is 31.0. The molecular formula is C51H84N8O4. The van der Waals surface area contributed by atoms with Crippen LogP contribution < -0.4 is 10.6 Å². The number of nitrogens with zero attached hydrogens (tertiary/aromatic N) is 6. The van der Waals surface area contributed by atoms with Crippen molar-refractivity contribution < 1.29 is 19.3 Å². The number of amidine groups is 2. The van der Waals surface area contributed by atoms with Crippen LogP contribution in [0.15, 0.2) is 20.3 Å². The van der Waals surface area contributed by atoms with Crippen LogP contribution in [0.1, 0.15) is 238 Å². The summed E-state index contributed by atoms with van der Waals surface area (Å²) in [5.74, 6) is 1.38. The first-order valence-corrected chi connectivity index (χ1v) is 26.8. The van der Waals surface area contributed by atoms with Crippen molar-refractivity contribution in [2.75, 3.05) is 0 Å². The summed E-state index contributed by atoms with van der Waals surface area (Å²) >= 11 is 0. The third-order valence-corrected chi connectivity index (χ3v) is 16.4. The van der Waals surface area contributed by atoms with Crippen LogP contribution in [-0.4, -0.2) is 81.6 Å². The zero-order valence-corrected chi connectivity index (χ0v) is 39.1. The van der Waals surface area contributed by atoms with E-state index in [-0.39, 0.29) is 48.3 Å². The van der Waals surface area contributed by atoms with E-state index in [2.05, 4.69) is 20.9 Å². The molecule has 12 nitrogen and oxygen atoms in total. The maximum absolute atomic E-state index is 14.4. The molecule has 8 aliphatic rings. The number of oxime groups is 2. The molecule has 0 atom stereocenters. The predicted molar refractivity (Wildman–Crippen MR) is 253 cm³/mol. The molecule has 8 fully saturated rings. The number of nitrogens with one attached hydrogen (secondary N) is 2. The third kappa shape index (κ3) is 13.9. The molecule has 0 saturated heterocycles. The molecule has 0 heterocycles. The van der Waals surface area contributed by atoms with Crippen molar-refractivity contribution in [1.29, 1.82) is 0 Å². The maximum Gasteiger partial charge on any atom is 0.326 e. The molecule has 8 saturated carbocycles. The van der Waals surface area contributed by atoms with Gasteiger partial charge in [0.05, 0.1) is 23.5 Å². The molecule has 0 aliphatic heterocycles. The molecule has 2 N–H and O–H groups in total. The summed E-state index contributed by atoms with van der Waals surface area (Å²) < 4.78 is 0. The normalized spacial score (nSPS) is 29.0. The van der Waals surface area contributed by atoms with Gasteiger partial charge >= 0.3 is 24.1 Å². The molecular weight excluding hydrogens is 789 g/mol. The van der Waals surface area contributed by atoms with Crippen molar-refractivity contribution >= 4 is 35.5 Å². The van der Waals surface area contributed by atoms with Crippen molar-refractivity contribution in [3.8, 4) is 0 Å². The van der Waals surface area contributed by atoms with Crippen molar-refractivity contribution in [2.24, 2.45) is 32.1 Å². The summed E-state index contributed by atoms with van der Waals surface area (Å²) in [7, 11) is 0. The number of amides is 4. The first-order valence-electron chi connectivity index (χ1n) is 26.8. The minimum Gasteiger partial charge on any atom is -0.335 e. The van der Waals surface area contributed by atoms with E-state index in [9.17, 15) is 9.59 Å². The Balaban J connectivity index is 0.835. The quantitative estimate of drug-likeness (QED) is 0.128. The molecule has 63 heavy (non-hydrogen) atoms. The molecule has 12 heteroatoms. The summed E-state index contributed by atoms with van der Waals surface area (Å²) in [6, 6.07) is 1.81. The molecule has 0 aromatic carbocycles. The first kappa shape index (κ1) is 46.4. The van der Waals surface area contributed by atoms with Crippen LogP contribution in [0.5, 0.6) is 0 Å². The minimum atomic E-state index is -0.0324. The van der Waals surface area contributed by atoms with Crippen molar-refractivity contribution in [1.82, 2.24) is 20.4 Å². The van der Waals surface area contributed by atoms with Crippen LogP contribution in [0.4, 0.5) is 9.59 Å². The van der Waals surface area contributed by atoms with Gasteiger partial charge in [-0.2, -0.15) is 0 Å². The molecule has 0 aromatic heterocycles. The lowest BCUT2D eigenvalue weighted by atomic mass is 9.75. The summed E-state index contributed by atoms with van der Waals surface area (Å²) in [6.45, 7) is 0. The summed E-state index contributed by atoms with van der Waals surface area (Å²) in [5.41, 5.74) is 2.21. The van der Waals surface area contributed by atoms with Gasteiger partial charge in [0.15, 0.2) is 0 Å². The van der Waals surface area contributed by atoms with Crippen LogP contribution in [0, 0.1) is 11.8 Å². The number of hydrogen-bond donors (Lipinski definition) is 2. The molecule has 0 unspecified atom stereocenters. The van der Waals surface area contributed by atoms with Crippen LogP contribution in [0.25, 0.3) is 0 Å². The Bertz CT molecular complexity index is 1430. The molecule has 8 rings (SSSR count). The highest BCUT2D eigenvalue weighted by atomic mass is 16.7. The van der Waals surface area contributed by atoms with Crippen molar-refractivity contribution in [3.63, 3.8) is 0 Å². The lowest BCUT2D eigenvalue weighted by Crippen LogP contribution is -2.54. The summed E-state index contributed by atoms with van der Waals surface area (Å²) in [4.78, 5) is 55.5. The largest absolute Gasteiger partial charge is 0.335 e. The van der Waals surface area contributed by atoms with Gasteiger partial charge in [-0.15, -0.1) is 0 Å². The standard InChI is InChI=1S/C51H84N8O4/c60-48(58(46-25-9-3-10-26-46)50(54-40-17-5-1-6-18-40)62-56-44-21-13-14-22-44)52-42-33-29-38(30-34-42)37-39-31-35-43(36-32-39)53-49(61)59(47-27-11-4-12-28-47)51(55-41-19-7-2-8-20-41)63-57-45-23-15-16-24-45/h38-43,46-47H,1-37H2,(H,52,60)(H,53,61). The topological polar surface area (TPSA) is 133 Å². The Morgan fingerprint density at radius 2 is 0.762 bits per heavy atom. The Labute approximate surface area is 380 Å². The van der Waals surface area contributed by atoms with E-state index in [4.69, 9.17) is 19.7 Å². The SMILES string of the molecule is O=C(NC1CCC(CC2CCC(NC(=O)N(C(=NC3CCCCC3)ON=C3CCCC3)C3CCCCC3)CC2)CC1)N(C(=NC1CCCCC1)ON=C1CCCC1)C1CCCCC1. The van der Waals surface area contributed by atoms with Crippen molar-refractivity contribution in [3.05, 3.63) is 0 Å². The predicted octanol–water partition coefficient (Wildman–Crippen LogP) is 12.5. The second-order valence-corrected chi connectivity index (χ2v) is 21.2. The van der Waals surface area contributed by atoms with Gasteiger partial charge in [-0.25, -0.2) is 29.4 Å². The highest BCUT2D eigenvalue weighted by Crippen LogP contribution is 2.37. The third-order valence-electron chi connectivity index (χ3n) is 16.4. The number of aliphatic imine (C=N–C) groups is 2. The second-order valence-electron chi connectivity index (χ2n) is 21.2. The van der Waals surface area contributed by atoms with Crippen LogP contribution in [0.2, 0.25) is 0 Å². The smallest absolute Gasteiger partial charge is 0.326 e. The molecule has 0 spiro atoms. The highest BCUT2D eigenvalue weighted by Gasteiger charge is 2.37. The Morgan fingerprint density at radius 3 is 1.11 bits per heavy atom. The van der Waals surface area contributed by atoms with Gasteiger partial charge in [0.2, 0.25) is 0 Å². The minimum absolute atomic E-state index is 0.0324.